The first kappa shape index (κ1) is 17.2. The lowest BCUT2D eigenvalue weighted by atomic mass is 10.3. The van der Waals surface area contributed by atoms with Gasteiger partial charge in [0.05, 0.1) is 5.75 Å². The molecule has 0 fully saturated rings. The molecule has 0 amide bonds. The number of halogens is 1. The number of allylic oxidation sites excluding steroid dienone is 1. The number of benzene rings is 1. The summed E-state index contributed by atoms with van der Waals surface area (Å²) in [6.45, 7) is 6.09. The van der Waals surface area contributed by atoms with Crippen LogP contribution >= 0.6 is 11.8 Å². The fourth-order valence-corrected chi connectivity index (χ4v) is 2.87. The number of para-hydroxylation sites is 1. The average Bonchev–Trinajstić information content (AvgIpc) is 3.19. The Labute approximate surface area is 147 Å². The maximum Gasteiger partial charge on any atom is 0.226 e. The topological polar surface area (TPSA) is 78.9 Å². The molecule has 9 heteroatoms. The zero-order valence-electron chi connectivity index (χ0n) is 13.6. The van der Waals surface area contributed by atoms with Gasteiger partial charge in [0.2, 0.25) is 11.8 Å². The number of hydrogen-bond donors (Lipinski definition) is 0. The van der Waals surface area contributed by atoms with E-state index in [0.717, 1.165) is 0 Å². The van der Waals surface area contributed by atoms with Gasteiger partial charge in [0, 0.05) is 13.5 Å². The van der Waals surface area contributed by atoms with Crippen molar-refractivity contribution < 1.29 is 13.5 Å². The third-order valence-electron chi connectivity index (χ3n) is 3.19. The van der Waals surface area contributed by atoms with Crippen LogP contribution in [0.5, 0.6) is 5.75 Å². The molecule has 0 aliphatic carbocycles. The molecule has 0 unspecified atom stereocenters. The van der Waals surface area contributed by atoms with Gasteiger partial charge in [0.1, 0.15) is 6.61 Å². The van der Waals surface area contributed by atoms with Gasteiger partial charge in [-0.05, 0) is 12.1 Å². The number of thioether (sulfide) groups is 1. The first-order valence-electron chi connectivity index (χ1n) is 7.49. The lowest BCUT2D eigenvalue weighted by Crippen LogP contribution is -2.08. The summed E-state index contributed by atoms with van der Waals surface area (Å²) in [5.41, 5.74) is 0. The van der Waals surface area contributed by atoms with Crippen molar-refractivity contribution in [2.45, 2.75) is 31.0 Å². The van der Waals surface area contributed by atoms with E-state index in [2.05, 4.69) is 27.0 Å². The number of hydrogen-bond acceptors (Lipinski definition) is 7. The highest BCUT2D eigenvalue weighted by molar-refractivity contribution is 7.98. The molecular weight excluding hydrogens is 345 g/mol. The zero-order valence-corrected chi connectivity index (χ0v) is 14.4. The van der Waals surface area contributed by atoms with Gasteiger partial charge in [0.15, 0.2) is 22.5 Å². The van der Waals surface area contributed by atoms with Crippen LogP contribution in [0.2, 0.25) is 0 Å². The van der Waals surface area contributed by atoms with Gasteiger partial charge in [-0.2, -0.15) is 0 Å². The molecule has 130 valence electrons. The van der Waals surface area contributed by atoms with Crippen molar-refractivity contribution in [2.24, 2.45) is 0 Å². The van der Waals surface area contributed by atoms with Gasteiger partial charge >= 0.3 is 0 Å². The molecule has 2 aromatic heterocycles. The van der Waals surface area contributed by atoms with Crippen LogP contribution in [-0.4, -0.2) is 25.0 Å². The van der Waals surface area contributed by atoms with Crippen LogP contribution in [-0.2, 0) is 18.9 Å². The van der Waals surface area contributed by atoms with E-state index in [1.54, 1.807) is 31.2 Å². The molecule has 0 atom stereocenters. The third-order valence-corrected chi connectivity index (χ3v) is 4.14. The number of ether oxygens (including phenoxy) is 1. The Balaban J connectivity index is 1.70. The Bertz CT molecular complexity index is 864. The van der Waals surface area contributed by atoms with Crippen LogP contribution in [0.15, 0.2) is 46.5 Å². The van der Waals surface area contributed by atoms with Crippen molar-refractivity contribution >= 4 is 11.8 Å². The molecular formula is C16H16FN5O2S. The van der Waals surface area contributed by atoms with Gasteiger partial charge in [-0.25, -0.2) is 4.39 Å². The van der Waals surface area contributed by atoms with Crippen molar-refractivity contribution in [1.82, 2.24) is 25.0 Å². The minimum absolute atomic E-state index is 0.0992. The summed E-state index contributed by atoms with van der Waals surface area (Å²) in [4.78, 5) is 0. The standard InChI is InChI=1S/C16H16FN5O2S/c1-3-8-22-14(9-23-13-7-5-4-6-12(13)17)19-21-16(22)25-10-15-20-18-11(2)24-15/h3-7H,1,8-10H2,2H3. The largest absolute Gasteiger partial charge is 0.483 e. The predicted molar refractivity (Wildman–Crippen MR) is 89.5 cm³/mol. The Morgan fingerprint density at radius 3 is 2.84 bits per heavy atom. The van der Waals surface area contributed by atoms with E-state index in [1.807, 2.05) is 4.57 Å². The minimum Gasteiger partial charge on any atom is -0.483 e. The fourth-order valence-electron chi connectivity index (χ4n) is 2.07. The van der Waals surface area contributed by atoms with Crippen molar-refractivity contribution in [3.8, 4) is 5.75 Å². The van der Waals surface area contributed by atoms with Crippen molar-refractivity contribution in [1.29, 1.82) is 0 Å². The third kappa shape index (κ3) is 4.24. The zero-order chi connectivity index (χ0) is 17.6. The molecule has 0 N–H and O–H groups in total. The molecule has 0 radical (unpaired) electrons. The van der Waals surface area contributed by atoms with E-state index in [4.69, 9.17) is 9.15 Å². The maximum absolute atomic E-state index is 13.6. The van der Waals surface area contributed by atoms with Crippen molar-refractivity contribution in [2.75, 3.05) is 0 Å². The first-order valence-corrected chi connectivity index (χ1v) is 8.48. The quantitative estimate of drug-likeness (QED) is 0.450. The molecule has 7 nitrogen and oxygen atoms in total. The van der Waals surface area contributed by atoms with Crippen LogP contribution in [0.1, 0.15) is 17.6 Å². The van der Waals surface area contributed by atoms with Gasteiger partial charge < -0.3 is 9.15 Å². The summed E-state index contributed by atoms with van der Waals surface area (Å²) in [7, 11) is 0. The second kappa shape index (κ2) is 7.93. The smallest absolute Gasteiger partial charge is 0.226 e. The molecule has 3 aromatic rings. The van der Waals surface area contributed by atoms with Crippen LogP contribution in [0.3, 0.4) is 0 Å². The SMILES string of the molecule is C=CCn1c(COc2ccccc2F)nnc1SCc1nnc(C)o1. The Hall–Kier alpha value is -2.68. The normalized spacial score (nSPS) is 10.8. The molecule has 1 aromatic carbocycles. The number of rotatable bonds is 8. The molecule has 0 saturated carbocycles. The molecule has 0 spiro atoms. The first-order chi connectivity index (χ1) is 12.2. The van der Waals surface area contributed by atoms with Gasteiger partial charge in [-0.15, -0.1) is 27.0 Å². The van der Waals surface area contributed by atoms with Crippen LogP contribution in [0.25, 0.3) is 0 Å². The van der Waals surface area contributed by atoms with E-state index in [-0.39, 0.29) is 12.4 Å². The van der Waals surface area contributed by atoms with E-state index >= 15 is 0 Å². The summed E-state index contributed by atoms with van der Waals surface area (Å²) in [6, 6.07) is 6.23. The second-order valence-electron chi connectivity index (χ2n) is 5.02. The molecule has 0 bridgehead atoms. The molecule has 2 heterocycles. The van der Waals surface area contributed by atoms with E-state index < -0.39 is 5.82 Å². The molecule has 0 aliphatic rings. The van der Waals surface area contributed by atoms with Gasteiger partial charge in [0.25, 0.3) is 0 Å². The molecule has 3 rings (SSSR count). The summed E-state index contributed by atoms with van der Waals surface area (Å²) < 4.78 is 26.3. The summed E-state index contributed by atoms with van der Waals surface area (Å²) in [5.74, 6) is 1.84. The highest BCUT2D eigenvalue weighted by Crippen LogP contribution is 2.23. The highest BCUT2D eigenvalue weighted by Gasteiger charge is 2.14. The van der Waals surface area contributed by atoms with E-state index in [1.165, 1.54) is 17.8 Å². The lowest BCUT2D eigenvalue weighted by molar-refractivity contribution is 0.275. The lowest BCUT2D eigenvalue weighted by Gasteiger charge is -2.09. The summed E-state index contributed by atoms with van der Waals surface area (Å²) >= 11 is 1.41. The Morgan fingerprint density at radius 1 is 1.28 bits per heavy atom. The highest BCUT2D eigenvalue weighted by atomic mass is 32.2. The summed E-state index contributed by atoms with van der Waals surface area (Å²) in [5, 5.41) is 16.7. The van der Waals surface area contributed by atoms with Crippen LogP contribution < -0.4 is 4.74 Å². The number of aromatic nitrogens is 5. The van der Waals surface area contributed by atoms with Gasteiger partial charge in [-0.1, -0.05) is 30.0 Å². The van der Waals surface area contributed by atoms with Gasteiger partial charge in [-0.3, -0.25) is 4.57 Å². The number of nitrogens with zero attached hydrogens (tertiary/aromatic N) is 5. The Kier molecular flexibility index (Phi) is 5.44. The van der Waals surface area contributed by atoms with Crippen molar-refractivity contribution in [3.05, 3.63) is 60.3 Å². The van der Waals surface area contributed by atoms with E-state index in [0.29, 0.717) is 35.1 Å². The monoisotopic (exact) mass is 361 g/mol. The molecule has 0 aliphatic heterocycles. The van der Waals surface area contributed by atoms with Crippen LogP contribution in [0.4, 0.5) is 4.39 Å². The Morgan fingerprint density at radius 2 is 2.12 bits per heavy atom. The molecule has 25 heavy (non-hydrogen) atoms. The second-order valence-corrected chi connectivity index (χ2v) is 5.96. The maximum atomic E-state index is 13.6. The fraction of sp³-hybridized carbons (Fsp3) is 0.250. The molecule has 0 saturated heterocycles. The average molecular weight is 361 g/mol. The predicted octanol–water partition coefficient (Wildman–Crippen LogP) is 3.17. The number of aryl methyl sites for hydroxylation is 1. The van der Waals surface area contributed by atoms with Crippen molar-refractivity contribution in [3.63, 3.8) is 0 Å². The van der Waals surface area contributed by atoms with Crippen LogP contribution in [0, 0.1) is 12.7 Å². The summed E-state index contributed by atoms with van der Waals surface area (Å²) in [6.07, 6.45) is 1.73. The minimum atomic E-state index is -0.418. The van der Waals surface area contributed by atoms with E-state index in [9.17, 15) is 4.39 Å².